The lowest BCUT2D eigenvalue weighted by atomic mass is 9.89. The molecule has 0 radical (unpaired) electrons. The molecule has 1 aromatic rings. The number of piperidine rings is 1. The monoisotopic (exact) mass is 301 g/mol. The third-order valence-electron chi connectivity index (χ3n) is 3.53. The van der Waals surface area contributed by atoms with Gasteiger partial charge in [0, 0.05) is 5.56 Å². The summed E-state index contributed by atoms with van der Waals surface area (Å²) >= 11 is 3.19. The van der Waals surface area contributed by atoms with Gasteiger partial charge in [0.2, 0.25) is 0 Å². The molecule has 1 heterocycles. The summed E-state index contributed by atoms with van der Waals surface area (Å²) in [4.78, 5) is 0. The van der Waals surface area contributed by atoms with Gasteiger partial charge in [0.25, 0.3) is 0 Å². The third kappa shape index (κ3) is 2.80. The van der Waals surface area contributed by atoms with Crippen LogP contribution in [0, 0.1) is 18.7 Å². The summed E-state index contributed by atoms with van der Waals surface area (Å²) in [7, 11) is 0. The van der Waals surface area contributed by atoms with Gasteiger partial charge in [-0.25, -0.2) is 4.39 Å². The normalized spacial score (nSPS) is 17.4. The molecular weight excluding hydrogens is 285 g/mol. The fourth-order valence-corrected chi connectivity index (χ4v) is 2.82. The van der Waals surface area contributed by atoms with Crippen LogP contribution in [0.2, 0.25) is 0 Å². The van der Waals surface area contributed by atoms with Crippen LogP contribution in [0.3, 0.4) is 0 Å². The number of phenolic OH excluding ortho intramolecular Hbond substituents is 1. The zero-order chi connectivity index (χ0) is 12.4. The van der Waals surface area contributed by atoms with Gasteiger partial charge in [0.05, 0.1) is 4.47 Å². The zero-order valence-electron chi connectivity index (χ0n) is 9.89. The maximum absolute atomic E-state index is 13.6. The number of phenols is 1. The third-order valence-corrected chi connectivity index (χ3v) is 4.13. The molecule has 2 N–H and O–H groups in total. The second-order valence-corrected chi connectivity index (χ2v) is 5.54. The molecule has 2 rings (SSSR count). The van der Waals surface area contributed by atoms with E-state index in [-0.39, 0.29) is 11.6 Å². The van der Waals surface area contributed by atoms with Crippen LogP contribution in [0.15, 0.2) is 10.5 Å². The molecule has 0 aliphatic carbocycles. The van der Waals surface area contributed by atoms with E-state index in [1.807, 2.05) is 0 Å². The fourth-order valence-electron chi connectivity index (χ4n) is 2.38. The van der Waals surface area contributed by atoms with Gasteiger partial charge in [-0.15, -0.1) is 0 Å². The number of aromatic hydroxyl groups is 1. The standard InChI is InChI=1S/C13H17BrFNO/c1-8-10(6-9-2-4-16-5-3-9)13(17)11(14)7-12(8)15/h7,9,16-17H,2-6H2,1H3. The SMILES string of the molecule is Cc1c(F)cc(Br)c(O)c1CC1CCNCC1. The van der Waals surface area contributed by atoms with Gasteiger partial charge in [0.1, 0.15) is 11.6 Å². The lowest BCUT2D eigenvalue weighted by molar-refractivity contribution is 0.364. The van der Waals surface area contributed by atoms with E-state index in [1.165, 1.54) is 6.07 Å². The summed E-state index contributed by atoms with van der Waals surface area (Å²) in [6.07, 6.45) is 2.94. The zero-order valence-corrected chi connectivity index (χ0v) is 11.5. The predicted octanol–water partition coefficient (Wildman–Crippen LogP) is 3.14. The minimum absolute atomic E-state index is 0.197. The van der Waals surface area contributed by atoms with Crippen molar-refractivity contribution >= 4 is 15.9 Å². The highest BCUT2D eigenvalue weighted by Gasteiger charge is 2.19. The van der Waals surface area contributed by atoms with Crippen molar-refractivity contribution in [3.05, 3.63) is 27.5 Å². The molecule has 0 saturated carbocycles. The second-order valence-electron chi connectivity index (χ2n) is 4.69. The Morgan fingerprint density at radius 1 is 1.47 bits per heavy atom. The molecule has 1 aliphatic rings. The lowest BCUT2D eigenvalue weighted by Crippen LogP contribution is -2.28. The van der Waals surface area contributed by atoms with Crippen molar-refractivity contribution in [1.82, 2.24) is 5.32 Å². The fraction of sp³-hybridized carbons (Fsp3) is 0.538. The van der Waals surface area contributed by atoms with E-state index in [9.17, 15) is 9.50 Å². The Hall–Kier alpha value is -0.610. The Labute approximate surface area is 109 Å². The van der Waals surface area contributed by atoms with Gasteiger partial charge in [-0.1, -0.05) is 0 Å². The van der Waals surface area contributed by atoms with Crippen molar-refractivity contribution in [1.29, 1.82) is 0 Å². The number of hydrogen-bond donors (Lipinski definition) is 2. The molecule has 1 aliphatic heterocycles. The van der Waals surface area contributed by atoms with Crippen molar-refractivity contribution in [3.8, 4) is 5.75 Å². The first-order valence-electron chi connectivity index (χ1n) is 5.96. The number of benzene rings is 1. The lowest BCUT2D eigenvalue weighted by Gasteiger charge is -2.24. The Bertz CT molecular complexity index is 390. The number of nitrogens with one attached hydrogen (secondary N) is 1. The van der Waals surface area contributed by atoms with Crippen LogP contribution >= 0.6 is 15.9 Å². The van der Waals surface area contributed by atoms with Crippen molar-refractivity contribution in [2.24, 2.45) is 5.92 Å². The van der Waals surface area contributed by atoms with Gasteiger partial charge >= 0.3 is 0 Å². The average Bonchev–Trinajstić information content (AvgIpc) is 2.33. The van der Waals surface area contributed by atoms with Crippen molar-refractivity contribution in [3.63, 3.8) is 0 Å². The topological polar surface area (TPSA) is 32.3 Å². The molecule has 0 aromatic heterocycles. The molecule has 0 atom stereocenters. The van der Waals surface area contributed by atoms with E-state index in [2.05, 4.69) is 21.2 Å². The van der Waals surface area contributed by atoms with Gasteiger partial charge in [-0.3, -0.25) is 0 Å². The van der Waals surface area contributed by atoms with Gasteiger partial charge in [-0.05, 0) is 72.8 Å². The van der Waals surface area contributed by atoms with E-state index in [1.54, 1.807) is 6.92 Å². The highest BCUT2D eigenvalue weighted by Crippen LogP contribution is 2.34. The highest BCUT2D eigenvalue weighted by atomic mass is 79.9. The highest BCUT2D eigenvalue weighted by molar-refractivity contribution is 9.10. The van der Waals surface area contributed by atoms with Gasteiger partial charge in [0.15, 0.2) is 0 Å². The first-order valence-corrected chi connectivity index (χ1v) is 6.76. The van der Waals surface area contributed by atoms with Crippen LogP contribution in [0.4, 0.5) is 4.39 Å². The van der Waals surface area contributed by atoms with Crippen molar-refractivity contribution < 1.29 is 9.50 Å². The van der Waals surface area contributed by atoms with Crippen LogP contribution in [0.1, 0.15) is 24.0 Å². The summed E-state index contributed by atoms with van der Waals surface area (Å²) in [6.45, 7) is 3.76. The molecule has 1 aromatic carbocycles. The Balaban J connectivity index is 2.24. The molecule has 0 spiro atoms. The summed E-state index contributed by atoms with van der Waals surface area (Å²) in [5.74, 6) is 0.482. The van der Waals surface area contributed by atoms with Gasteiger partial charge in [-0.2, -0.15) is 0 Å². The van der Waals surface area contributed by atoms with E-state index in [4.69, 9.17) is 0 Å². The molecule has 1 saturated heterocycles. The molecule has 17 heavy (non-hydrogen) atoms. The maximum atomic E-state index is 13.6. The smallest absolute Gasteiger partial charge is 0.133 e. The van der Waals surface area contributed by atoms with Crippen LogP contribution < -0.4 is 5.32 Å². The molecule has 4 heteroatoms. The molecule has 0 amide bonds. The second kappa shape index (κ2) is 5.36. The molecule has 0 bridgehead atoms. The summed E-state index contributed by atoms with van der Waals surface area (Å²) < 4.78 is 14.1. The van der Waals surface area contributed by atoms with Crippen LogP contribution in [0.25, 0.3) is 0 Å². The predicted molar refractivity (Wildman–Crippen MR) is 69.8 cm³/mol. The van der Waals surface area contributed by atoms with Crippen molar-refractivity contribution in [2.45, 2.75) is 26.2 Å². The van der Waals surface area contributed by atoms with Gasteiger partial charge < -0.3 is 10.4 Å². The van der Waals surface area contributed by atoms with Crippen LogP contribution in [0.5, 0.6) is 5.75 Å². The number of rotatable bonds is 2. The van der Waals surface area contributed by atoms with E-state index in [0.717, 1.165) is 37.9 Å². The van der Waals surface area contributed by atoms with E-state index in [0.29, 0.717) is 16.0 Å². The minimum Gasteiger partial charge on any atom is -0.506 e. The quantitative estimate of drug-likeness (QED) is 0.879. The maximum Gasteiger partial charge on any atom is 0.133 e. The van der Waals surface area contributed by atoms with E-state index >= 15 is 0 Å². The van der Waals surface area contributed by atoms with E-state index < -0.39 is 0 Å². The first kappa shape index (κ1) is 12.8. The molecule has 94 valence electrons. The van der Waals surface area contributed by atoms with Crippen molar-refractivity contribution in [2.75, 3.05) is 13.1 Å². The Kier molecular flexibility index (Phi) is 4.05. The molecular formula is C13H17BrFNO. The number of hydrogen-bond acceptors (Lipinski definition) is 2. The number of halogens is 2. The summed E-state index contributed by atoms with van der Waals surface area (Å²) in [5.41, 5.74) is 1.33. The molecule has 0 unspecified atom stereocenters. The minimum atomic E-state index is -0.251. The summed E-state index contributed by atoms with van der Waals surface area (Å²) in [6, 6.07) is 1.33. The largest absolute Gasteiger partial charge is 0.506 e. The summed E-state index contributed by atoms with van der Waals surface area (Å²) in [5, 5.41) is 13.3. The average molecular weight is 302 g/mol. The van der Waals surface area contributed by atoms with Crippen LogP contribution in [-0.4, -0.2) is 18.2 Å². The molecule has 1 fully saturated rings. The molecule has 2 nitrogen and oxygen atoms in total. The van der Waals surface area contributed by atoms with Crippen LogP contribution in [-0.2, 0) is 6.42 Å². The Morgan fingerprint density at radius 2 is 2.12 bits per heavy atom. The first-order chi connectivity index (χ1) is 8.09. The Morgan fingerprint density at radius 3 is 2.76 bits per heavy atom.